The molecule has 0 spiro atoms. The molecule has 1 atom stereocenters. The maximum absolute atomic E-state index is 12.4. The molecule has 1 aromatic carbocycles. The number of imidazole rings is 1. The van der Waals surface area contributed by atoms with Crippen LogP contribution >= 0.6 is 0 Å². The number of para-hydroxylation sites is 2. The molecule has 0 saturated carbocycles. The van der Waals surface area contributed by atoms with Crippen LogP contribution in [-0.4, -0.2) is 20.8 Å². The van der Waals surface area contributed by atoms with Crippen LogP contribution in [0.15, 0.2) is 30.8 Å². The minimum absolute atomic E-state index is 0.380. The second-order valence-corrected chi connectivity index (χ2v) is 3.46. The highest BCUT2D eigenvalue weighted by Gasteiger charge is 2.42. The molecule has 0 bridgehead atoms. The summed E-state index contributed by atoms with van der Waals surface area (Å²) >= 11 is 0. The zero-order valence-electron chi connectivity index (χ0n) is 8.65. The van der Waals surface area contributed by atoms with Gasteiger partial charge in [0.05, 0.1) is 11.0 Å². The SMILES string of the molecule is C=Cn1c([C@@H](O)C(F)(F)F)nc2ccccc21. The average molecular weight is 242 g/mol. The maximum Gasteiger partial charge on any atom is 0.421 e. The molecular weight excluding hydrogens is 233 g/mol. The number of rotatable bonds is 2. The first kappa shape index (κ1) is 11.7. The molecule has 0 radical (unpaired) electrons. The number of nitrogens with zero attached hydrogens (tertiary/aromatic N) is 2. The summed E-state index contributed by atoms with van der Waals surface area (Å²) in [6.45, 7) is 3.42. The normalized spacial score (nSPS) is 13.9. The Balaban J connectivity index is 2.65. The third kappa shape index (κ3) is 1.91. The van der Waals surface area contributed by atoms with E-state index in [2.05, 4.69) is 11.6 Å². The second-order valence-electron chi connectivity index (χ2n) is 3.46. The molecule has 0 aliphatic rings. The molecule has 0 aliphatic heterocycles. The second kappa shape index (κ2) is 3.89. The van der Waals surface area contributed by atoms with Crippen LogP contribution in [0.4, 0.5) is 13.2 Å². The molecule has 0 aliphatic carbocycles. The fourth-order valence-electron chi connectivity index (χ4n) is 1.59. The first-order chi connectivity index (χ1) is 7.95. The van der Waals surface area contributed by atoms with Gasteiger partial charge in [0.1, 0.15) is 0 Å². The average Bonchev–Trinajstić information content (AvgIpc) is 2.64. The van der Waals surface area contributed by atoms with Crippen molar-refractivity contribution >= 4 is 17.2 Å². The van der Waals surface area contributed by atoms with Gasteiger partial charge in [0, 0.05) is 6.20 Å². The summed E-state index contributed by atoms with van der Waals surface area (Å²) in [4.78, 5) is 3.77. The van der Waals surface area contributed by atoms with Gasteiger partial charge in [-0.05, 0) is 12.1 Å². The van der Waals surface area contributed by atoms with E-state index in [0.717, 1.165) is 4.57 Å². The largest absolute Gasteiger partial charge is 0.421 e. The topological polar surface area (TPSA) is 38.0 Å². The lowest BCUT2D eigenvalue weighted by Crippen LogP contribution is -2.22. The van der Waals surface area contributed by atoms with Gasteiger partial charge in [-0.3, -0.25) is 0 Å². The Labute approximate surface area is 94.8 Å². The Morgan fingerprint density at radius 3 is 2.59 bits per heavy atom. The predicted molar refractivity (Wildman–Crippen MR) is 57.1 cm³/mol. The third-order valence-electron chi connectivity index (χ3n) is 2.36. The van der Waals surface area contributed by atoms with Gasteiger partial charge in [-0.25, -0.2) is 4.98 Å². The van der Waals surface area contributed by atoms with Crippen LogP contribution in [0.25, 0.3) is 17.2 Å². The molecule has 6 heteroatoms. The molecule has 90 valence electrons. The number of fused-ring (bicyclic) bond motifs is 1. The Morgan fingerprint density at radius 1 is 1.35 bits per heavy atom. The standard InChI is InChI=1S/C11H9F3N2O/c1-2-16-8-6-4-3-5-7(8)15-10(16)9(17)11(12,13)14/h2-6,9,17H,1H2/t9-/m1/s1. The molecule has 0 amide bonds. The summed E-state index contributed by atoms with van der Waals surface area (Å²) in [5, 5.41) is 9.21. The lowest BCUT2D eigenvalue weighted by molar-refractivity contribution is -0.209. The van der Waals surface area contributed by atoms with E-state index >= 15 is 0 Å². The van der Waals surface area contributed by atoms with Crippen molar-refractivity contribution in [2.24, 2.45) is 0 Å². The molecule has 2 rings (SSSR count). The van der Waals surface area contributed by atoms with E-state index in [1.165, 1.54) is 6.20 Å². The van der Waals surface area contributed by atoms with Gasteiger partial charge in [-0.1, -0.05) is 18.7 Å². The van der Waals surface area contributed by atoms with Gasteiger partial charge in [0.25, 0.3) is 0 Å². The Bertz CT molecular complexity index is 559. The van der Waals surface area contributed by atoms with Crippen molar-refractivity contribution in [3.63, 3.8) is 0 Å². The van der Waals surface area contributed by atoms with Crippen molar-refractivity contribution in [1.29, 1.82) is 0 Å². The van der Waals surface area contributed by atoms with Crippen molar-refractivity contribution in [2.45, 2.75) is 12.3 Å². The Kier molecular flexibility index (Phi) is 2.66. The summed E-state index contributed by atoms with van der Waals surface area (Å²) < 4.78 is 38.5. The maximum atomic E-state index is 12.4. The van der Waals surface area contributed by atoms with E-state index in [9.17, 15) is 18.3 Å². The molecule has 0 fully saturated rings. The van der Waals surface area contributed by atoms with Crippen LogP contribution in [-0.2, 0) is 0 Å². The number of aliphatic hydroxyl groups excluding tert-OH is 1. The molecule has 3 nitrogen and oxygen atoms in total. The van der Waals surface area contributed by atoms with Gasteiger partial charge in [-0.15, -0.1) is 0 Å². The van der Waals surface area contributed by atoms with Crippen LogP contribution in [0.1, 0.15) is 11.9 Å². The minimum atomic E-state index is -4.75. The highest BCUT2D eigenvalue weighted by Crippen LogP contribution is 2.33. The number of aliphatic hydroxyl groups is 1. The van der Waals surface area contributed by atoms with Crippen LogP contribution in [0.2, 0.25) is 0 Å². The van der Waals surface area contributed by atoms with Crippen LogP contribution < -0.4 is 0 Å². The van der Waals surface area contributed by atoms with Crippen molar-refractivity contribution in [3.8, 4) is 0 Å². The summed E-state index contributed by atoms with van der Waals surface area (Å²) in [5.41, 5.74) is 0.853. The number of benzene rings is 1. The lowest BCUT2D eigenvalue weighted by Gasteiger charge is -2.14. The van der Waals surface area contributed by atoms with E-state index < -0.39 is 18.1 Å². The minimum Gasteiger partial charge on any atom is -0.377 e. The molecule has 1 aromatic heterocycles. The first-order valence-electron chi connectivity index (χ1n) is 4.79. The number of hydrogen-bond acceptors (Lipinski definition) is 2. The summed E-state index contributed by atoms with van der Waals surface area (Å²) in [6, 6.07) is 6.51. The number of aromatic nitrogens is 2. The lowest BCUT2D eigenvalue weighted by atomic mass is 10.3. The van der Waals surface area contributed by atoms with Gasteiger partial charge in [-0.2, -0.15) is 13.2 Å². The van der Waals surface area contributed by atoms with E-state index in [4.69, 9.17) is 0 Å². The molecular formula is C11H9F3N2O. The zero-order valence-corrected chi connectivity index (χ0v) is 8.65. The number of hydrogen-bond donors (Lipinski definition) is 1. The van der Waals surface area contributed by atoms with Gasteiger partial charge in [0.2, 0.25) is 6.10 Å². The third-order valence-corrected chi connectivity index (χ3v) is 2.36. The van der Waals surface area contributed by atoms with Crippen molar-refractivity contribution in [1.82, 2.24) is 9.55 Å². The smallest absolute Gasteiger partial charge is 0.377 e. The molecule has 2 aromatic rings. The quantitative estimate of drug-likeness (QED) is 0.879. The van der Waals surface area contributed by atoms with Crippen molar-refractivity contribution in [2.75, 3.05) is 0 Å². The highest BCUT2D eigenvalue weighted by molar-refractivity contribution is 5.78. The van der Waals surface area contributed by atoms with Gasteiger partial charge < -0.3 is 9.67 Å². The van der Waals surface area contributed by atoms with Crippen LogP contribution in [0.5, 0.6) is 0 Å². The number of halogens is 3. The van der Waals surface area contributed by atoms with E-state index in [0.29, 0.717) is 11.0 Å². The number of alkyl halides is 3. The van der Waals surface area contributed by atoms with E-state index in [-0.39, 0.29) is 0 Å². The molecule has 1 heterocycles. The van der Waals surface area contributed by atoms with Crippen molar-refractivity contribution < 1.29 is 18.3 Å². The Morgan fingerprint density at radius 2 is 2.00 bits per heavy atom. The van der Waals surface area contributed by atoms with E-state index in [1.54, 1.807) is 24.3 Å². The fourth-order valence-corrected chi connectivity index (χ4v) is 1.59. The summed E-state index contributed by atoms with van der Waals surface area (Å²) in [6.07, 6.45) is -6.17. The highest BCUT2D eigenvalue weighted by atomic mass is 19.4. The van der Waals surface area contributed by atoms with Gasteiger partial charge in [0.15, 0.2) is 5.82 Å². The molecule has 1 N–H and O–H groups in total. The monoisotopic (exact) mass is 242 g/mol. The van der Waals surface area contributed by atoms with Gasteiger partial charge >= 0.3 is 6.18 Å². The van der Waals surface area contributed by atoms with Crippen LogP contribution in [0, 0.1) is 0 Å². The molecule has 0 unspecified atom stereocenters. The fraction of sp³-hybridized carbons (Fsp3) is 0.182. The Hall–Kier alpha value is -1.82. The molecule has 17 heavy (non-hydrogen) atoms. The van der Waals surface area contributed by atoms with Crippen molar-refractivity contribution in [3.05, 3.63) is 36.7 Å². The van der Waals surface area contributed by atoms with E-state index in [1.807, 2.05) is 0 Å². The summed E-state index contributed by atoms with van der Waals surface area (Å²) in [7, 11) is 0. The summed E-state index contributed by atoms with van der Waals surface area (Å²) in [5.74, 6) is -0.478. The molecule has 0 saturated heterocycles. The predicted octanol–water partition coefficient (Wildman–Crippen LogP) is 2.73. The van der Waals surface area contributed by atoms with Crippen LogP contribution in [0.3, 0.4) is 0 Å². The first-order valence-corrected chi connectivity index (χ1v) is 4.79. The zero-order chi connectivity index (χ0) is 12.6.